The van der Waals surface area contributed by atoms with E-state index in [0.717, 1.165) is 43.9 Å². The molecule has 0 aromatic carbocycles. The summed E-state index contributed by atoms with van der Waals surface area (Å²) in [5, 5.41) is 13.3. The molecule has 256 valence electrons. The smallest absolute Gasteiger partial charge is 0.216 e. The first-order chi connectivity index (χ1) is 19.3. The van der Waals surface area contributed by atoms with Gasteiger partial charge in [-0.25, -0.2) is 0 Å². The maximum Gasteiger partial charge on any atom is 0.216 e. The topological polar surface area (TPSA) is 91.3 Å². The van der Waals surface area contributed by atoms with Crippen LogP contribution in [0.2, 0.25) is 51.4 Å². The molecule has 0 saturated heterocycles. The molecule has 0 bridgehead atoms. The van der Waals surface area contributed by atoms with Crippen LogP contribution in [0, 0.1) is 0 Å². The largest absolute Gasteiger partial charge is 0.412 e. The second-order valence-electron chi connectivity index (χ2n) is 16.2. The van der Waals surface area contributed by atoms with Crippen LogP contribution < -0.4 is 21.3 Å². The molecule has 0 aliphatic heterocycles. The molecule has 0 radical (unpaired) electrons. The molecule has 0 aromatic rings. The summed E-state index contributed by atoms with van der Waals surface area (Å²) >= 11 is 0. The van der Waals surface area contributed by atoms with E-state index in [4.69, 9.17) is 18.8 Å². The maximum atomic E-state index is 7.21. The van der Waals surface area contributed by atoms with Crippen molar-refractivity contribution in [2.45, 2.75) is 182 Å². The Labute approximate surface area is 271 Å². The van der Waals surface area contributed by atoms with E-state index in [1.165, 1.54) is 6.04 Å². The van der Waals surface area contributed by atoms with Crippen LogP contribution in [-0.2, 0) is 8.85 Å². The number of guanidine groups is 2. The Kier molecular flexibility index (Phi) is 17.3. The van der Waals surface area contributed by atoms with E-state index in [0.29, 0.717) is 24.2 Å². The fourth-order valence-corrected chi connectivity index (χ4v) is 14.2. The molecule has 0 aromatic heterocycles. The number of nitrogens with one attached hydrogen (secondary N) is 4. The van der Waals surface area contributed by atoms with Gasteiger partial charge in [-0.2, -0.15) is 0 Å². The van der Waals surface area contributed by atoms with Crippen molar-refractivity contribution in [1.29, 1.82) is 0 Å². The molecule has 0 aliphatic rings. The summed E-state index contributed by atoms with van der Waals surface area (Å²) in [4.78, 5) is 9.69. The highest BCUT2D eigenvalue weighted by Gasteiger charge is 2.51. The van der Waals surface area contributed by atoms with Crippen LogP contribution in [-0.4, -0.2) is 84.3 Å². The predicted octanol–water partition coefficient (Wildman–Crippen LogP) is 7.26. The SMILES string of the molecule is CC(C)NC(=NCCC[Si](C)(C)OC(C)(C)[Si](C)(C)OC(C)(C)[Si](C)(C)CCCN=C(NC(C)C)NC(C)C)NC(C)C. The molecule has 0 saturated carbocycles. The lowest BCUT2D eigenvalue weighted by Crippen LogP contribution is -2.65. The average Bonchev–Trinajstić information content (AvgIpc) is 2.76. The van der Waals surface area contributed by atoms with Crippen molar-refractivity contribution in [1.82, 2.24) is 21.3 Å². The van der Waals surface area contributed by atoms with E-state index in [2.05, 4.69) is 144 Å². The minimum Gasteiger partial charge on any atom is -0.412 e. The summed E-state index contributed by atoms with van der Waals surface area (Å²) in [5.41, 5.74) is 0. The maximum absolute atomic E-state index is 7.21. The fraction of sp³-hybridized carbons (Fsp3) is 0.938. The van der Waals surface area contributed by atoms with Crippen molar-refractivity contribution in [2.24, 2.45) is 9.98 Å². The third-order valence-corrected chi connectivity index (χ3v) is 20.3. The molecule has 11 heteroatoms. The third kappa shape index (κ3) is 16.8. The highest BCUT2D eigenvalue weighted by Crippen LogP contribution is 2.38. The first-order valence-corrected chi connectivity index (χ1v) is 26.1. The lowest BCUT2D eigenvalue weighted by atomic mass is 10.4. The summed E-state index contributed by atoms with van der Waals surface area (Å²) in [7, 11) is -5.92. The van der Waals surface area contributed by atoms with Gasteiger partial charge in [-0.1, -0.05) is 19.1 Å². The molecule has 0 heterocycles. The molecule has 0 rings (SSSR count). The number of hydrogen-bond donors (Lipinski definition) is 4. The Morgan fingerprint density at radius 1 is 0.558 bits per heavy atom. The molecule has 0 fully saturated rings. The number of aliphatic imine (C=N–C) groups is 2. The Hall–Kier alpha value is -0.889. The van der Waals surface area contributed by atoms with Crippen LogP contribution in [0.3, 0.4) is 0 Å². The van der Waals surface area contributed by atoms with Gasteiger partial charge in [0.05, 0.1) is 13.3 Å². The second kappa shape index (κ2) is 17.7. The molecule has 0 spiro atoms. The van der Waals surface area contributed by atoms with Crippen molar-refractivity contribution in [3.8, 4) is 0 Å². The molecule has 0 aliphatic carbocycles. The van der Waals surface area contributed by atoms with E-state index in [-0.39, 0.29) is 10.4 Å². The quantitative estimate of drug-likeness (QED) is 0.0537. The van der Waals surface area contributed by atoms with E-state index in [9.17, 15) is 0 Å². The average molecular weight is 659 g/mol. The zero-order chi connectivity index (χ0) is 33.9. The highest BCUT2D eigenvalue weighted by atomic mass is 28.4. The monoisotopic (exact) mass is 659 g/mol. The van der Waals surface area contributed by atoms with Gasteiger partial charge in [0.15, 0.2) is 20.2 Å². The van der Waals surface area contributed by atoms with Crippen molar-refractivity contribution >= 4 is 36.6 Å². The zero-order valence-electron chi connectivity index (χ0n) is 31.8. The molecular formula is C32H74N6O2Si3. The van der Waals surface area contributed by atoms with Crippen molar-refractivity contribution in [3.05, 3.63) is 0 Å². The van der Waals surface area contributed by atoms with Gasteiger partial charge in [-0.15, -0.1) is 0 Å². The van der Waals surface area contributed by atoms with Crippen molar-refractivity contribution in [3.63, 3.8) is 0 Å². The summed E-state index contributed by atoms with van der Waals surface area (Å²) < 4.78 is 14.3. The normalized spacial score (nSPS) is 13.5. The predicted molar refractivity (Wildman–Crippen MR) is 199 cm³/mol. The van der Waals surface area contributed by atoms with Crippen LogP contribution >= 0.6 is 0 Å². The van der Waals surface area contributed by atoms with Gasteiger partial charge in [-0.05, 0) is 128 Å². The summed E-state index contributed by atoms with van der Waals surface area (Å²) in [6.45, 7) is 42.3. The molecule has 0 atom stereocenters. The number of hydrogen-bond acceptors (Lipinski definition) is 4. The molecule has 43 heavy (non-hydrogen) atoms. The van der Waals surface area contributed by atoms with Crippen LogP contribution in [0.5, 0.6) is 0 Å². The van der Waals surface area contributed by atoms with E-state index in [1.807, 2.05) is 0 Å². The van der Waals surface area contributed by atoms with Gasteiger partial charge in [0.25, 0.3) is 0 Å². The van der Waals surface area contributed by atoms with Crippen LogP contribution in [0.15, 0.2) is 9.98 Å². The zero-order valence-corrected chi connectivity index (χ0v) is 34.8. The number of rotatable bonds is 18. The van der Waals surface area contributed by atoms with Crippen LogP contribution in [0.4, 0.5) is 0 Å². The van der Waals surface area contributed by atoms with E-state index < -0.39 is 24.7 Å². The minimum absolute atomic E-state index is 0.161. The molecule has 0 unspecified atom stereocenters. The van der Waals surface area contributed by atoms with E-state index in [1.54, 1.807) is 0 Å². The van der Waals surface area contributed by atoms with Gasteiger partial charge < -0.3 is 30.1 Å². The third-order valence-electron chi connectivity index (χ3n) is 8.26. The minimum atomic E-state index is -2.24. The van der Waals surface area contributed by atoms with Gasteiger partial charge in [-0.3, -0.25) is 9.98 Å². The summed E-state index contributed by atoms with van der Waals surface area (Å²) in [5.74, 6) is 1.80. The Balaban J connectivity index is 5.31. The lowest BCUT2D eigenvalue weighted by molar-refractivity contribution is 0.0983. The van der Waals surface area contributed by atoms with Crippen molar-refractivity contribution in [2.75, 3.05) is 13.1 Å². The fourth-order valence-electron chi connectivity index (χ4n) is 4.83. The lowest BCUT2D eigenvalue weighted by Gasteiger charge is -2.51. The first kappa shape index (κ1) is 42.1. The van der Waals surface area contributed by atoms with Crippen LogP contribution in [0.1, 0.15) is 95.9 Å². The van der Waals surface area contributed by atoms with Gasteiger partial charge in [0.2, 0.25) is 8.32 Å². The van der Waals surface area contributed by atoms with Gasteiger partial charge in [0.1, 0.15) is 0 Å². The van der Waals surface area contributed by atoms with Crippen molar-refractivity contribution < 1.29 is 8.85 Å². The van der Waals surface area contributed by atoms with E-state index >= 15 is 0 Å². The molecule has 4 N–H and O–H groups in total. The highest BCUT2D eigenvalue weighted by molar-refractivity contribution is 6.82. The summed E-state index contributed by atoms with van der Waals surface area (Å²) in [6, 6.07) is 3.66. The second-order valence-corrected chi connectivity index (χ2v) is 30.4. The Bertz CT molecular complexity index is 845. The number of nitrogens with zero attached hydrogens (tertiary/aromatic N) is 2. The summed E-state index contributed by atoms with van der Waals surface area (Å²) in [6.07, 6.45) is 2.09. The van der Waals surface area contributed by atoms with Gasteiger partial charge in [0, 0.05) is 42.5 Å². The first-order valence-electron chi connectivity index (χ1n) is 16.9. The molecule has 0 amide bonds. The Morgan fingerprint density at radius 3 is 1.26 bits per heavy atom. The Morgan fingerprint density at radius 2 is 0.907 bits per heavy atom. The van der Waals surface area contributed by atoms with Gasteiger partial charge >= 0.3 is 0 Å². The standard InChI is InChI=1S/C32H74N6O2Si3/c1-25(2)35-29(36-26(3)4)33-21-19-23-41(13,14)31(9,10)40-43(17,18)32(11,12)39-42(15,16)24-20-22-34-30(37-27(5)6)38-28(7)8/h25-28H,19-24H2,1-18H3,(H2,33,35,36)(H2,34,37,38). The molecule has 8 nitrogen and oxygen atoms in total. The molecular weight excluding hydrogens is 585 g/mol. The van der Waals surface area contributed by atoms with Crippen LogP contribution in [0.25, 0.3) is 0 Å².